The van der Waals surface area contributed by atoms with E-state index in [2.05, 4.69) is 15.0 Å². The first-order valence-electron chi connectivity index (χ1n) is 8.80. The van der Waals surface area contributed by atoms with Crippen LogP contribution in [0.1, 0.15) is 25.7 Å². The van der Waals surface area contributed by atoms with Crippen molar-refractivity contribution in [1.82, 2.24) is 14.9 Å². The van der Waals surface area contributed by atoms with Crippen molar-refractivity contribution in [1.29, 1.82) is 0 Å². The SMILES string of the molecule is COC(=O)CCCCCNC(=O)Cn1cnc2c(oc3ccccc32)c1=O. The average Bonchev–Trinajstić information content (AvgIpc) is 3.06. The maximum Gasteiger partial charge on any atom is 0.305 e. The molecule has 1 aromatic carbocycles. The minimum atomic E-state index is -0.385. The Balaban J connectivity index is 1.56. The van der Waals surface area contributed by atoms with Gasteiger partial charge in [0.25, 0.3) is 5.56 Å². The zero-order chi connectivity index (χ0) is 19.2. The molecule has 0 radical (unpaired) electrons. The molecule has 2 heterocycles. The van der Waals surface area contributed by atoms with Gasteiger partial charge in [-0.1, -0.05) is 18.6 Å². The number of hydrogen-bond acceptors (Lipinski definition) is 6. The number of nitrogens with zero attached hydrogens (tertiary/aromatic N) is 2. The summed E-state index contributed by atoms with van der Waals surface area (Å²) in [5.74, 6) is -0.505. The molecule has 0 saturated carbocycles. The first-order valence-corrected chi connectivity index (χ1v) is 8.80. The number of carbonyl (C=O) groups excluding carboxylic acids is 2. The van der Waals surface area contributed by atoms with Gasteiger partial charge in [0, 0.05) is 18.4 Å². The van der Waals surface area contributed by atoms with Crippen molar-refractivity contribution in [3.63, 3.8) is 0 Å². The molecule has 0 fully saturated rings. The number of furan rings is 1. The number of para-hydroxylation sites is 1. The van der Waals surface area contributed by atoms with E-state index in [1.165, 1.54) is 18.0 Å². The fourth-order valence-corrected chi connectivity index (χ4v) is 2.84. The monoisotopic (exact) mass is 371 g/mol. The molecule has 27 heavy (non-hydrogen) atoms. The van der Waals surface area contributed by atoms with E-state index < -0.39 is 0 Å². The molecule has 0 saturated heterocycles. The first-order chi connectivity index (χ1) is 13.1. The Hall–Kier alpha value is -3.16. The zero-order valence-corrected chi connectivity index (χ0v) is 15.1. The van der Waals surface area contributed by atoms with Gasteiger partial charge in [-0.3, -0.25) is 19.0 Å². The molecule has 0 aliphatic carbocycles. The van der Waals surface area contributed by atoms with Crippen molar-refractivity contribution >= 4 is 33.9 Å². The van der Waals surface area contributed by atoms with Gasteiger partial charge >= 0.3 is 5.97 Å². The molecule has 3 rings (SSSR count). The van der Waals surface area contributed by atoms with Crippen LogP contribution in [0.2, 0.25) is 0 Å². The van der Waals surface area contributed by atoms with E-state index in [4.69, 9.17) is 4.42 Å². The van der Waals surface area contributed by atoms with Gasteiger partial charge in [0.1, 0.15) is 17.6 Å². The van der Waals surface area contributed by atoms with Gasteiger partial charge in [-0.05, 0) is 25.0 Å². The molecule has 0 atom stereocenters. The molecule has 0 aliphatic heterocycles. The number of methoxy groups -OCH3 is 1. The lowest BCUT2D eigenvalue weighted by molar-refractivity contribution is -0.140. The van der Waals surface area contributed by atoms with Crippen LogP contribution < -0.4 is 10.9 Å². The number of unbranched alkanes of at least 4 members (excludes halogenated alkanes) is 2. The molecule has 3 aromatic rings. The Labute approximate surface area is 155 Å². The van der Waals surface area contributed by atoms with Crippen LogP contribution in [0.15, 0.2) is 39.8 Å². The third-order valence-corrected chi connectivity index (χ3v) is 4.27. The summed E-state index contributed by atoms with van der Waals surface area (Å²) in [6.07, 6.45) is 4.01. The normalized spacial score (nSPS) is 11.0. The van der Waals surface area contributed by atoms with Crippen LogP contribution in [0.25, 0.3) is 22.1 Å². The van der Waals surface area contributed by atoms with Crippen LogP contribution in [0, 0.1) is 0 Å². The van der Waals surface area contributed by atoms with Gasteiger partial charge in [-0.15, -0.1) is 0 Å². The van der Waals surface area contributed by atoms with E-state index in [-0.39, 0.29) is 29.6 Å². The highest BCUT2D eigenvalue weighted by atomic mass is 16.5. The Morgan fingerprint density at radius 1 is 1.22 bits per heavy atom. The van der Waals surface area contributed by atoms with Crippen LogP contribution in [-0.4, -0.2) is 35.1 Å². The molecular formula is C19H21N3O5. The molecule has 0 bridgehead atoms. The van der Waals surface area contributed by atoms with E-state index in [0.717, 1.165) is 18.2 Å². The lowest BCUT2D eigenvalue weighted by Gasteiger charge is -2.07. The molecule has 0 unspecified atom stereocenters. The number of nitrogens with one attached hydrogen (secondary N) is 1. The maximum absolute atomic E-state index is 12.5. The first kappa shape index (κ1) is 18.6. The predicted octanol–water partition coefficient (Wildman–Crippen LogP) is 1.99. The third kappa shape index (κ3) is 4.33. The number of ether oxygens (including phenoxy) is 1. The third-order valence-electron chi connectivity index (χ3n) is 4.27. The number of rotatable bonds is 8. The Kier molecular flexibility index (Phi) is 5.85. The number of benzene rings is 1. The summed E-state index contributed by atoms with van der Waals surface area (Å²) in [4.78, 5) is 39.9. The van der Waals surface area contributed by atoms with Gasteiger partial charge in [0.15, 0.2) is 0 Å². The molecule has 1 amide bonds. The molecule has 142 valence electrons. The lowest BCUT2D eigenvalue weighted by atomic mass is 10.2. The minimum Gasteiger partial charge on any atom is -0.469 e. The van der Waals surface area contributed by atoms with Crippen molar-refractivity contribution in [3.05, 3.63) is 40.9 Å². The summed E-state index contributed by atoms with van der Waals surface area (Å²) in [6.45, 7) is 0.357. The Morgan fingerprint density at radius 3 is 2.85 bits per heavy atom. The van der Waals surface area contributed by atoms with E-state index >= 15 is 0 Å². The molecule has 2 aromatic heterocycles. The average molecular weight is 371 g/mol. The Bertz CT molecular complexity index is 1020. The summed E-state index contributed by atoms with van der Waals surface area (Å²) >= 11 is 0. The van der Waals surface area contributed by atoms with Crippen LogP contribution in [-0.2, 0) is 20.9 Å². The van der Waals surface area contributed by atoms with Gasteiger partial charge in [-0.2, -0.15) is 0 Å². The van der Waals surface area contributed by atoms with Gasteiger partial charge in [0.05, 0.1) is 13.4 Å². The quantitative estimate of drug-likeness (QED) is 0.480. The molecule has 0 spiro atoms. The van der Waals surface area contributed by atoms with E-state index in [0.29, 0.717) is 30.5 Å². The van der Waals surface area contributed by atoms with Gasteiger partial charge in [-0.25, -0.2) is 4.98 Å². The highest BCUT2D eigenvalue weighted by Crippen LogP contribution is 2.23. The van der Waals surface area contributed by atoms with Crippen LogP contribution in [0.5, 0.6) is 0 Å². The molecule has 8 nitrogen and oxygen atoms in total. The van der Waals surface area contributed by atoms with Gasteiger partial charge < -0.3 is 14.5 Å². The molecular weight excluding hydrogens is 350 g/mol. The zero-order valence-electron chi connectivity index (χ0n) is 15.1. The topological polar surface area (TPSA) is 103 Å². The highest BCUT2D eigenvalue weighted by molar-refractivity contribution is 6.01. The maximum atomic E-state index is 12.5. The predicted molar refractivity (Wildman–Crippen MR) is 99.3 cm³/mol. The number of amides is 1. The second kappa shape index (κ2) is 8.48. The smallest absolute Gasteiger partial charge is 0.305 e. The van der Waals surface area contributed by atoms with Gasteiger partial charge in [0.2, 0.25) is 11.5 Å². The van der Waals surface area contributed by atoms with E-state index in [9.17, 15) is 14.4 Å². The van der Waals surface area contributed by atoms with Crippen LogP contribution in [0.4, 0.5) is 0 Å². The molecule has 8 heteroatoms. The largest absolute Gasteiger partial charge is 0.469 e. The Morgan fingerprint density at radius 2 is 2.04 bits per heavy atom. The van der Waals surface area contributed by atoms with Crippen LogP contribution in [0.3, 0.4) is 0 Å². The molecule has 1 N–H and O–H groups in total. The number of esters is 1. The number of hydrogen-bond donors (Lipinski definition) is 1. The summed E-state index contributed by atoms with van der Waals surface area (Å²) in [5.41, 5.74) is 0.850. The summed E-state index contributed by atoms with van der Waals surface area (Å²) in [5, 5.41) is 3.53. The summed E-state index contributed by atoms with van der Waals surface area (Å²) in [6, 6.07) is 7.28. The fraction of sp³-hybridized carbons (Fsp3) is 0.368. The van der Waals surface area contributed by atoms with E-state index in [1.54, 1.807) is 6.07 Å². The number of aromatic nitrogens is 2. The van der Waals surface area contributed by atoms with Crippen LogP contribution >= 0.6 is 0 Å². The number of fused-ring (bicyclic) bond motifs is 3. The summed E-state index contributed by atoms with van der Waals surface area (Å²) < 4.78 is 11.4. The van der Waals surface area contributed by atoms with Crippen molar-refractivity contribution in [2.75, 3.05) is 13.7 Å². The standard InChI is InChI=1S/C19H21N3O5/c1-26-16(24)9-3-2-6-10-20-15(23)11-22-12-21-17-13-7-4-5-8-14(13)27-18(17)19(22)25/h4-5,7-8,12H,2-3,6,9-11H2,1H3,(H,20,23). The van der Waals surface area contributed by atoms with Crippen molar-refractivity contribution in [2.24, 2.45) is 0 Å². The van der Waals surface area contributed by atoms with Crippen molar-refractivity contribution in [3.8, 4) is 0 Å². The summed E-state index contributed by atoms with van der Waals surface area (Å²) in [7, 11) is 1.36. The molecule has 0 aliphatic rings. The fourth-order valence-electron chi connectivity index (χ4n) is 2.84. The second-order valence-electron chi connectivity index (χ2n) is 6.19. The van der Waals surface area contributed by atoms with E-state index in [1.807, 2.05) is 18.2 Å². The number of carbonyl (C=O) groups is 2. The second-order valence-corrected chi connectivity index (χ2v) is 6.19. The highest BCUT2D eigenvalue weighted by Gasteiger charge is 2.14. The van der Waals surface area contributed by atoms with Crippen molar-refractivity contribution < 1.29 is 18.7 Å². The van der Waals surface area contributed by atoms with Crippen molar-refractivity contribution in [2.45, 2.75) is 32.2 Å². The minimum absolute atomic E-state index is 0.124. The lowest BCUT2D eigenvalue weighted by Crippen LogP contribution is -2.32.